The summed E-state index contributed by atoms with van der Waals surface area (Å²) in [4.78, 5) is 26.8. The van der Waals surface area contributed by atoms with Crippen molar-refractivity contribution >= 4 is 29.2 Å². The normalized spacial score (nSPS) is 10.3. The molecule has 2 aromatic rings. The first-order chi connectivity index (χ1) is 9.51. The summed E-state index contributed by atoms with van der Waals surface area (Å²) in [6.45, 7) is 1.92. The van der Waals surface area contributed by atoms with E-state index in [0.29, 0.717) is 12.2 Å². The van der Waals surface area contributed by atoms with Crippen molar-refractivity contribution < 1.29 is 14.0 Å². The van der Waals surface area contributed by atoms with Gasteiger partial charge in [-0.3, -0.25) is 9.59 Å². The number of furan rings is 1. The fourth-order valence-electron chi connectivity index (χ4n) is 1.52. The number of carbonyl (C=O) groups is 2. The first-order valence-corrected chi connectivity index (χ1v) is 6.24. The van der Waals surface area contributed by atoms with Crippen LogP contribution in [0, 0.1) is 0 Å². The molecular weight excluding hydrogens is 282 g/mol. The number of aromatic nitrogens is 1. The van der Waals surface area contributed by atoms with E-state index >= 15 is 0 Å². The zero-order chi connectivity index (χ0) is 14.7. The molecule has 0 saturated heterocycles. The number of anilines is 1. The number of aryl methyl sites for hydroxylation is 1. The standard InChI is InChI=1S/C13H12ClN3O3/c1-2-8-3-4-10(20-8)13(19)17-12-9(14)5-7(6-16-12)11(15)18/h3-6H,2H2,1H3,(H2,15,18)(H,16,17,19). The van der Waals surface area contributed by atoms with Gasteiger partial charge in [0.15, 0.2) is 11.6 Å². The number of nitrogens with zero attached hydrogens (tertiary/aromatic N) is 1. The Morgan fingerprint density at radius 1 is 1.45 bits per heavy atom. The largest absolute Gasteiger partial charge is 0.456 e. The second kappa shape index (κ2) is 5.75. The fraction of sp³-hybridized carbons (Fsp3) is 0.154. The van der Waals surface area contributed by atoms with Gasteiger partial charge < -0.3 is 15.5 Å². The zero-order valence-corrected chi connectivity index (χ0v) is 11.4. The lowest BCUT2D eigenvalue weighted by Crippen LogP contribution is -2.15. The number of nitrogens with one attached hydrogen (secondary N) is 1. The molecule has 0 fully saturated rings. The summed E-state index contributed by atoms with van der Waals surface area (Å²) in [5, 5.41) is 2.62. The first kappa shape index (κ1) is 14.1. The Kier molecular flexibility index (Phi) is 4.05. The van der Waals surface area contributed by atoms with Crippen LogP contribution in [0.15, 0.2) is 28.8 Å². The van der Waals surface area contributed by atoms with Gasteiger partial charge in [0.2, 0.25) is 5.91 Å². The lowest BCUT2D eigenvalue weighted by atomic mass is 10.2. The maximum Gasteiger partial charge on any atom is 0.292 e. The number of hydrogen-bond acceptors (Lipinski definition) is 4. The SMILES string of the molecule is CCc1ccc(C(=O)Nc2ncc(C(N)=O)cc2Cl)o1. The van der Waals surface area contributed by atoms with Crippen molar-refractivity contribution in [2.24, 2.45) is 5.73 Å². The Hall–Kier alpha value is -2.34. The minimum absolute atomic E-state index is 0.122. The van der Waals surface area contributed by atoms with Crippen LogP contribution in [-0.2, 0) is 6.42 Å². The number of primary amides is 1. The molecule has 20 heavy (non-hydrogen) atoms. The average Bonchev–Trinajstić information content (AvgIpc) is 2.89. The van der Waals surface area contributed by atoms with Crippen LogP contribution in [0.3, 0.4) is 0 Å². The molecule has 0 saturated carbocycles. The van der Waals surface area contributed by atoms with Crippen LogP contribution < -0.4 is 11.1 Å². The quantitative estimate of drug-likeness (QED) is 0.903. The van der Waals surface area contributed by atoms with E-state index in [1.54, 1.807) is 12.1 Å². The molecule has 2 amide bonds. The van der Waals surface area contributed by atoms with Gasteiger partial charge in [-0.25, -0.2) is 4.98 Å². The molecule has 0 aromatic carbocycles. The molecule has 0 bridgehead atoms. The molecule has 2 heterocycles. The van der Waals surface area contributed by atoms with Crippen LogP contribution in [0.4, 0.5) is 5.82 Å². The maximum atomic E-state index is 11.9. The Balaban J connectivity index is 2.17. The minimum atomic E-state index is -0.643. The van der Waals surface area contributed by atoms with Crippen molar-refractivity contribution in [3.8, 4) is 0 Å². The van der Waals surface area contributed by atoms with Crippen molar-refractivity contribution in [1.82, 2.24) is 4.98 Å². The van der Waals surface area contributed by atoms with Gasteiger partial charge >= 0.3 is 0 Å². The topological polar surface area (TPSA) is 98.2 Å². The van der Waals surface area contributed by atoms with Gasteiger partial charge in [-0.05, 0) is 18.2 Å². The van der Waals surface area contributed by atoms with Gasteiger partial charge in [-0.2, -0.15) is 0 Å². The van der Waals surface area contributed by atoms with E-state index < -0.39 is 11.8 Å². The lowest BCUT2D eigenvalue weighted by molar-refractivity contribution is 0.0990. The van der Waals surface area contributed by atoms with Crippen LogP contribution in [0.5, 0.6) is 0 Å². The van der Waals surface area contributed by atoms with E-state index in [-0.39, 0.29) is 22.2 Å². The molecule has 2 aromatic heterocycles. The van der Waals surface area contributed by atoms with E-state index in [0.717, 1.165) is 0 Å². The van der Waals surface area contributed by atoms with E-state index in [2.05, 4.69) is 10.3 Å². The van der Waals surface area contributed by atoms with E-state index in [1.165, 1.54) is 12.3 Å². The molecule has 104 valence electrons. The highest BCUT2D eigenvalue weighted by molar-refractivity contribution is 6.33. The molecule has 0 atom stereocenters. The second-order valence-corrected chi connectivity index (χ2v) is 4.40. The van der Waals surface area contributed by atoms with Gasteiger partial charge in [0.25, 0.3) is 5.91 Å². The predicted molar refractivity (Wildman–Crippen MR) is 73.8 cm³/mol. The number of rotatable bonds is 4. The predicted octanol–water partition coefficient (Wildman–Crippen LogP) is 2.24. The summed E-state index contributed by atoms with van der Waals surface area (Å²) in [5.41, 5.74) is 5.27. The van der Waals surface area contributed by atoms with Gasteiger partial charge in [-0.15, -0.1) is 0 Å². The summed E-state index contributed by atoms with van der Waals surface area (Å²) in [6.07, 6.45) is 1.93. The molecule has 0 radical (unpaired) electrons. The number of carbonyl (C=O) groups excluding carboxylic acids is 2. The third-order valence-corrected chi connectivity index (χ3v) is 2.88. The van der Waals surface area contributed by atoms with Crippen LogP contribution in [0.2, 0.25) is 5.02 Å². The zero-order valence-electron chi connectivity index (χ0n) is 10.6. The molecule has 0 unspecified atom stereocenters. The van der Waals surface area contributed by atoms with E-state index in [1.807, 2.05) is 6.92 Å². The highest BCUT2D eigenvalue weighted by Gasteiger charge is 2.14. The van der Waals surface area contributed by atoms with Crippen molar-refractivity contribution in [2.45, 2.75) is 13.3 Å². The number of nitrogens with two attached hydrogens (primary N) is 1. The smallest absolute Gasteiger partial charge is 0.292 e. The van der Waals surface area contributed by atoms with Crippen LogP contribution in [0.1, 0.15) is 33.6 Å². The molecule has 7 heteroatoms. The Labute approximate surface area is 119 Å². The van der Waals surface area contributed by atoms with Crippen molar-refractivity contribution in [2.75, 3.05) is 5.32 Å². The molecule has 0 spiro atoms. The Bertz CT molecular complexity index is 667. The Morgan fingerprint density at radius 2 is 2.20 bits per heavy atom. The first-order valence-electron chi connectivity index (χ1n) is 5.86. The van der Waals surface area contributed by atoms with Crippen LogP contribution in [0.25, 0.3) is 0 Å². The Morgan fingerprint density at radius 3 is 2.75 bits per heavy atom. The number of pyridine rings is 1. The molecule has 0 aliphatic rings. The second-order valence-electron chi connectivity index (χ2n) is 3.99. The average molecular weight is 294 g/mol. The summed E-state index contributed by atoms with van der Waals surface area (Å²) in [5.74, 6) is -0.102. The minimum Gasteiger partial charge on any atom is -0.456 e. The fourth-order valence-corrected chi connectivity index (χ4v) is 1.74. The van der Waals surface area contributed by atoms with Crippen LogP contribution >= 0.6 is 11.6 Å². The van der Waals surface area contributed by atoms with Gasteiger partial charge in [0, 0.05) is 12.6 Å². The van der Waals surface area contributed by atoms with Crippen LogP contribution in [-0.4, -0.2) is 16.8 Å². The summed E-state index contributed by atoms with van der Waals surface area (Å²) in [6, 6.07) is 4.63. The van der Waals surface area contributed by atoms with Crippen molar-refractivity contribution in [3.63, 3.8) is 0 Å². The third-order valence-electron chi connectivity index (χ3n) is 2.59. The molecule has 6 nitrogen and oxygen atoms in total. The van der Waals surface area contributed by atoms with Crippen molar-refractivity contribution in [3.05, 3.63) is 46.5 Å². The molecule has 2 rings (SSSR count). The summed E-state index contributed by atoms with van der Waals surface area (Å²) in [7, 11) is 0. The van der Waals surface area contributed by atoms with Gasteiger partial charge in [0.1, 0.15) is 5.76 Å². The molecule has 0 aliphatic carbocycles. The molecular formula is C13H12ClN3O3. The highest BCUT2D eigenvalue weighted by atomic mass is 35.5. The maximum absolute atomic E-state index is 11.9. The number of amides is 2. The highest BCUT2D eigenvalue weighted by Crippen LogP contribution is 2.21. The van der Waals surface area contributed by atoms with Gasteiger partial charge in [0.05, 0.1) is 10.6 Å². The monoisotopic (exact) mass is 293 g/mol. The summed E-state index contributed by atoms with van der Waals surface area (Å²) >= 11 is 5.92. The number of hydrogen-bond donors (Lipinski definition) is 2. The molecule has 0 aliphatic heterocycles. The van der Waals surface area contributed by atoms with E-state index in [4.69, 9.17) is 21.8 Å². The van der Waals surface area contributed by atoms with E-state index in [9.17, 15) is 9.59 Å². The van der Waals surface area contributed by atoms with Gasteiger partial charge in [-0.1, -0.05) is 18.5 Å². The third kappa shape index (κ3) is 2.97. The lowest BCUT2D eigenvalue weighted by Gasteiger charge is -2.05. The molecule has 3 N–H and O–H groups in total. The van der Waals surface area contributed by atoms with Crippen molar-refractivity contribution in [1.29, 1.82) is 0 Å². The number of halogens is 1. The summed E-state index contributed by atoms with van der Waals surface area (Å²) < 4.78 is 5.31.